The second-order valence-electron chi connectivity index (χ2n) is 6.17. The number of carbonyl (C=O) groups excluding carboxylic acids is 3. The molecule has 2 aromatic rings. The van der Waals surface area contributed by atoms with Gasteiger partial charge in [-0.25, -0.2) is 4.79 Å². The molecule has 0 spiro atoms. The summed E-state index contributed by atoms with van der Waals surface area (Å²) in [4.78, 5) is 36.0. The number of nitrogens with one attached hydrogen (secondary N) is 2. The van der Waals surface area contributed by atoms with Gasteiger partial charge in [-0.15, -0.1) is 0 Å². The Morgan fingerprint density at radius 3 is 2.40 bits per heavy atom. The fraction of sp³-hybridized carbons (Fsp3) is 0.286. The van der Waals surface area contributed by atoms with Crippen LogP contribution in [0.15, 0.2) is 48.5 Å². The molecule has 0 saturated carbocycles. The van der Waals surface area contributed by atoms with Gasteiger partial charge in [0, 0.05) is 5.69 Å². The molecular formula is C21H22F2N2O5. The van der Waals surface area contributed by atoms with E-state index in [-0.39, 0.29) is 17.9 Å². The molecule has 2 aromatic carbocycles. The van der Waals surface area contributed by atoms with Crippen molar-refractivity contribution in [3.05, 3.63) is 59.7 Å². The van der Waals surface area contributed by atoms with Gasteiger partial charge in [0.15, 0.2) is 0 Å². The third-order valence-electron chi connectivity index (χ3n) is 3.89. The van der Waals surface area contributed by atoms with E-state index in [1.165, 1.54) is 48.5 Å². The Morgan fingerprint density at radius 1 is 1.03 bits per heavy atom. The van der Waals surface area contributed by atoms with Crippen molar-refractivity contribution in [3.8, 4) is 5.75 Å². The third-order valence-corrected chi connectivity index (χ3v) is 3.89. The number of amides is 2. The topological polar surface area (TPSA) is 93.7 Å². The summed E-state index contributed by atoms with van der Waals surface area (Å²) in [5, 5.41) is 4.90. The summed E-state index contributed by atoms with van der Waals surface area (Å²) in [5.74, 6) is -1.99. The zero-order valence-electron chi connectivity index (χ0n) is 16.3. The number of benzene rings is 2. The average Bonchev–Trinajstić information content (AvgIpc) is 2.72. The zero-order chi connectivity index (χ0) is 21.9. The van der Waals surface area contributed by atoms with Gasteiger partial charge in [-0.05, 0) is 42.8 Å². The fourth-order valence-corrected chi connectivity index (χ4v) is 2.40. The minimum Gasteiger partial charge on any atom is -0.462 e. The number of esters is 1. The molecule has 0 saturated heterocycles. The van der Waals surface area contributed by atoms with Crippen LogP contribution in [0.3, 0.4) is 0 Å². The summed E-state index contributed by atoms with van der Waals surface area (Å²) in [6.45, 7) is -1.13. The molecule has 9 heteroatoms. The monoisotopic (exact) mass is 420 g/mol. The van der Waals surface area contributed by atoms with Gasteiger partial charge in [0.25, 0.3) is 5.91 Å². The molecule has 30 heavy (non-hydrogen) atoms. The number of hydrogen-bond acceptors (Lipinski definition) is 5. The van der Waals surface area contributed by atoms with Crippen LogP contribution < -0.4 is 15.4 Å². The molecule has 2 N–H and O–H groups in total. The molecule has 160 valence electrons. The van der Waals surface area contributed by atoms with Gasteiger partial charge >= 0.3 is 12.6 Å². The van der Waals surface area contributed by atoms with Gasteiger partial charge < -0.3 is 20.1 Å². The minimum atomic E-state index is -3.07. The maximum atomic E-state index is 12.4. The van der Waals surface area contributed by atoms with E-state index in [2.05, 4.69) is 15.4 Å². The second kappa shape index (κ2) is 11.5. The van der Waals surface area contributed by atoms with E-state index in [9.17, 15) is 23.2 Å². The Hall–Kier alpha value is -3.49. The van der Waals surface area contributed by atoms with E-state index in [1.54, 1.807) is 0 Å². The van der Waals surface area contributed by atoms with E-state index >= 15 is 0 Å². The van der Waals surface area contributed by atoms with Crippen LogP contribution in [0.25, 0.3) is 0 Å². The predicted molar refractivity (Wildman–Crippen MR) is 106 cm³/mol. The first-order valence-electron chi connectivity index (χ1n) is 9.29. The number of carbonyl (C=O) groups is 3. The zero-order valence-corrected chi connectivity index (χ0v) is 16.3. The molecule has 0 aliphatic carbocycles. The van der Waals surface area contributed by atoms with E-state index in [0.717, 1.165) is 12.8 Å². The van der Waals surface area contributed by atoms with Gasteiger partial charge in [-0.1, -0.05) is 25.5 Å². The Morgan fingerprint density at radius 2 is 1.73 bits per heavy atom. The highest BCUT2D eigenvalue weighted by Crippen LogP contribution is 2.20. The maximum Gasteiger partial charge on any atom is 0.387 e. The number of alkyl halides is 2. The smallest absolute Gasteiger partial charge is 0.387 e. The SMILES string of the molecule is CCCCOC(=O)c1ccc(NC(=O)CNC(=O)c2ccccc2OC(F)F)cc1. The van der Waals surface area contributed by atoms with Gasteiger partial charge in [0.05, 0.1) is 24.3 Å². The van der Waals surface area contributed by atoms with Crippen molar-refractivity contribution in [1.29, 1.82) is 0 Å². The molecule has 0 bridgehead atoms. The van der Waals surface area contributed by atoms with Crippen molar-refractivity contribution < 1.29 is 32.6 Å². The average molecular weight is 420 g/mol. The number of ether oxygens (including phenoxy) is 2. The number of halogens is 2. The maximum absolute atomic E-state index is 12.4. The van der Waals surface area contributed by atoms with Gasteiger partial charge in [0.1, 0.15) is 5.75 Å². The normalized spacial score (nSPS) is 10.4. The quantitative estimate of drug-likeness (QED) is 0.452. The third kappa shape index (κ3) is 7.16. The summed E-state index contributed by atoms with van der Waals surface area (Å²) in [5.41, 5.74) is 0.658. The summed E-state index contributed by atoms with van der Waals surface area (Å²) in [7, 11) is 0. The number of hydrogen-bond donors (Lipinski definition) is 2. The van der Waals surface area contributed by atoms with Crippen LogP contribution in [0.4, 0.5) is 14.5 Å². The predicted octanol–water partition coefficient (Wildman–Crippen LogP) is 3.61. The van der Waals surface area contributed by atoms with Crippen molar-refractivity contribution in [2.75, 3.05) is 18.5 Å². The summed E-state index contributed by atoms with van der Waals surface area (Å²) < 4.78 is 34.3. The van der Waals surface area contributed by atoms with Crippen LogP contribution >= 0.6 is 0 Å². The van der Waals surface area contributed by atoms with Crippen molar-refractivity contribution in [1.82, 2.24) is 5.32 Å². The first-order chi connectivity index (χ1) is 14.4. The summed E-state index contributed by atoms with van der Waals surface area (Å²) >= 11 is 0. The lowest BCUT2D eigenvalue weighted by Crippen LogP contribution is -2.33. The van der Waals surface area contributed by atoms with E-state index in [0.29, 0.717) is 17.9 Å². The van der Waals surface area contributed by atoms with Crippen molar-refractivity contribution in [3.63, 3.8) is 0 Å². The fourth-order valence-electron chi connectivity index (χ4n) is 2.40. The first kappa shape index (κ1) is 22.8. The van der Waals surface area contributed by atoms with E-state index < -0.39 is 24.4 Å². The molecule has 0 aromatic heterocycles. The molecular weight excluding hydrogens is 398 g/mol. The Bertz CT molecular complexity index is 872. The molecule has 0 atom stereocenters. The van der Waals surface area contributed by atoms with Crippen LogP contribution in [0.5, 0.6) is 5.75 Å². The van der Waals surface area contributed by atoms with E-state index in [1.807, 2.05) is 6.92 Å². The standard InChI is InChI=1S/C21H22F2N2O5/c1-2-3-12-29-20(28)14-8-10-15(11-9-14)25-18(26)13-24-19(27)16-6-4-5-7-17(16)30-21(22)23/h4-11,21H,2-3,12-13H2,1H3,(H,24,27)(H,25,26). The molecule has 7 nitrogen and oxygen atoms in total. The second-order valence-corrected chi connectivity index (χ2v) is 6.17. The number of anilines is 1. The summed E-state index contributed by atoms with van der Waals surface area (Å²) in [6.07, 6.45) is 1.70. The summed E-state index contributed by atoms with van der Waals surface area (Å²) in [6, 6.07) is 11.6. The molecule has 2 rings (SSSR count). The molecule has 0 radical (unpaired) electrons. The Kier molecular flexibility index (Phi) is 8.74. The van der Waals surface area contributed by atoms with Crippen molar-refractivity contribution in [2.24, 2.45) is 0 Å². The lowest BCUT2D eigenvalue weighted by molar-refractivity contribution is -0.115. The number of para-hydroxylation sites is 1. The molecule has 0 fully saturated rings. The van der Waals surface area contributed by atoms with Crippen molar-refractivity contribution in [2.45, 2.75) is 26.4 Å². The van der Waals surface area contributed by atoms with Crippen LogP contribution in [0.1, 0.15) is 40.5 Å². The highest BCUT2D eigenvalue weighted by atomic mass is 19.3. The van der Waals surface area contributed by atoms with Gasteiger partial charge in [0.2, 0.25) is 5.91 Å². The highest BCUT2D eigenvalue weighted by molar-refractivity contribution is 6.01. The lowest BCUT2D eigenvalue weighted by atomic mass is 10.2. The molecule has 2 amide bonds. The Balaban J connectivity index is 1.86. The lowest BCUT2D eigenvalue weighted by Gasteiger charge is -2.11. The van der Waals surface area contributed by atoms with Crippen LogP contribution in [0.2, 0.25) is 0 Å². The molecule has 0 heterocycles. The largest absolute Gasteiger partial charge is 0.462 e. The minimum absolute atomic E-state index is 0.114. The number of unbranched alkanes of at least 4 members (excludes halogenated alkanes) is 1. The Labute approximate surface area is 172 Å². The highest BCUT2D eigenvalue weighted by Gasteiger charge is 2.16. The molecule has 0 aliphatic rings. The van der Waals surface area contributed by atoms with Crippen LogP contribution in [-0.4, -0.2) is 37.5 Å². The van der Waals surface area contributed by atoms with Crippen LogP contribution in [-0.2, 0) is 9.53 Å². The van der Waals surface area contributed by atoms with Crippen molar-refractivity contribution >= 4 is 23.5 Å². The first-order valence-corrected chi connectivity index (χ1v) is 9.29. The van der Waals surface area contributed by atoms with Crippen LogP contribution in [0, 0.1) is 0 Å². The molecule has 0 unspecified atom stereocenters. The van der Waals surface area contributed by atoms with E-state index in [4.69, 9.17) is 4.74 Å². The van der Waals surface area contributed by atoms with Gasteiger partial charge in [-0.3, -0.25) is 9.59 Å². The molecule has 0 aliphatic heterocycles. The van der Waals surface area contributed by atoms with Gasteiger partial charge in [-0.2, -0.15) is 8.78 Å². The number of rotatable bonds is 10.